The second-order valence-electron chi connectivity index (χ2n) is 8.07. The number of nitrogens with two attached hydrogens (primary N) is 1. The van der Waals surface area contributed by atoms with Crippen molar-refractivity contribution in [2.24, 2.45) is 5.73 Å². The average molecular weight is 451 g/mol. The van der Waals surface area contributed by atoms with Crippen molar-refractivity contribution in [1.82, 2.24) is 20.2 Å². The van der Waals surface area contributed by atoms with Crippen molar-refractivity contribution < 1.29 is 4.79 Å². The van der Waals surface area contributed by atoms with Crippen molar-refractivity contribution >= 4 is 11.5 Å². The minimum atomic E-state index is -0.592. The highest BCUT2D eigenvalue weighted by Gasteiger charge is 2.40. The maximum atomic E-state index is 13.1. The Balaban J connectivity index is 1.66. The number of Topliss-reactive ketones (excluding diaryl/α,β-unsaturated/α-hetero) is 1. The highest BCUT2D eigenvalue weighted by molar-refractivity contribution is 5.99. The normalized spacial score (nSPS) is 17.9. The summed E-state index contributed by atoms with van der Waals surface area (Å²) in [5.74, 6) is -0.455. The van der Waals surface area contributed by atoms with Gasteiger partial charge in [0.25, 0.3) is 5.56 Å². The van der Waals surface area contributed by atoms with E-state index in [1.165, 1.54) is 6.07 Å². The van der Waals surface area contributed by atoms with Gasteiger partial charge in [-0.15, -0.1) is 0 Å². The highest BCUT2D eigenvalue weighted by Crippen LogP contribution is 2.44. The van der Waals surface area contributed by atoms with Gasteiger partial charge in [0.05, 0.1) is 23.2 Å². The largest absolute Gasteiger partial charge is 0.383 e. The topological polar surface area (TPSA) is 141 Å². The van der Waals surface area contributed by atoms with Crippen molar-refractivity contribution in [3.05, 3.63) is 99.5 Å². The smallest absolute Gasteiger partial charge is 0.266 e. The number of ketones is 1. The first-order chi connectivity index (χ1) is 16.6. The van der Waals surface area contributed by atoms with Crippen LogP contribution in [-0.2, 0) is 4.79 Å². The summed E-state index contributed by atoms with van der Waals surface area (Å²) < 4.78 is 0. The van der Waals surface area contributed by atoms with Gasteiger partial charge in [0, 0.05) is 41.7 Å². The molecule has 0 bridgehead atoms. The molecule has 0 radical (unpaired) electrons. The molecular formula is C25H21N7O2. The fourth-order valence-electron chi connectivity index (χ4n) is 4.52. The van der Waals surface area contributed by atoms with Crippen LogP contribution in [0.3, 0.4) is 0 Å². The molecule has 3 aromatic rings. The van der Waals surface area contributed by atoms with Crippen molar-refractivity contribution in [2.75, 3.05) is 5.43 Å². The SMILES string of the molecule is N#CC1=C(N)N(Nc2cc(=O)[nH]nc2-c2ccccc2)C2=C(C(=O)CCC2)C1c1cccnc1. The van der Waals surface area contributed by atoms with E-state index >= 15 is 0 Å². The van der Waals surface area contributed by atoms with E-state index < -0.39 is 11.5 Å². The lowest BCUT2D eigenvalue weighted by Gasteiger charge is -2.39. The third kappa shape index (κ3) is 3.61. The number of hydrazine groups is 1. The second-order valence-corrected chi connectivity index (χ2v) is 8.07. The monoisotopic (exact) mass is 451 g/mol. The molecule has 0 fully saturated rings. The Bertz CT molecular complexity index is 1420. The predicted octanol–water partition coefficient (Wildman–Crippen LogP) is 2.96. The molecule has 1 unspecified atom stereocenters. The summed E-state index contributed by atoms with van der Waals surface area (Å²) in [7, 11) is 0. The third-order valence-electron chi connectivity index (χ3n) is 6.02. The lowest BCUT2D eigenvalue weighted by molar-refractivity contribution is -0.116. The molecule has 9 nitrogen and oxygen atoms in total. The van der Waals surface area contributed by atoms with Crippen molar-refractivity contribution in [1.29, 1.82) is 5.26 Å². The molecule has 1 aromatic carbocycles. The summed E-state index contributed by atoms with van der Waals surface area (Å²) in [6, 6.07) is 16.6. The number of carbonyl (C=O) groups excluding carboxylic acids is 1. The van der Waals surface area contributed by atoms with Crippen LogP contribution < -0.4 is 16.7 Å². The summed E-state index contributed by atoms with van der Waals surface area (Å²) in [6.45, 7) is 0. The predicted molar refractivity (Wildman–Crippen MR) is 125 cm³/mol. The zero-order valence-corrected chi connectivity index (χ0v) is 18.2. The number of allylic oxidation sites excluding steroid dienone is 3. The third-order valence-corrected chi connectivity index (χ3v) is 6.02. The molecule has 2 aliphatic rings. The molecule has 4 N–H and O–H groups in total. The Kier molecular flexibility index (Phi) is 5.40. The Morgan fingerprint density at radius 2 is 1.97 bits per heavy atom. The number of aromatic amines is 1. The van der Waals surface area contributed by atoms with Crippen LogP contribution >= 0.6 is 0 Å². The summed E-state index contributed by atoms with van der Waals surface area (Å²) in [4.78, 5) is 29.5. The van der Waals surface area contributed by atoms with Crippen LogP contribution in [0.15, 0.2) is 88.4 Å². The number of nitrogens with one attached hydrogen (secondary N) is 2. The number of rotatable bonds is 4. The van der Waals surface area contributed by atoms with Gasteiger partial charge in [-0.1, -0.05) is 36.4 Å². The Labute approximate surface area is 195 Å². The number of anilines is 1. The molecule has 34 heavy (non-hydrogen) atoms. The second kappa shape index (κ2) is 8.67. The maximum Gasteiger partial charge on any atom is 0.266 e. The van der Waals surface area contributed by atoms with Gasteiger partial charge in [-0.3, -0.25) is 20.0 Å². The molecule has 0 saturated carbocycles. The van der Waals surface area contributed by atoms with Crippen molar-refractivity contribution in [3.8, 4) is 17.3 Å². The van der Waals surface area contributed by atoms with Gasteiger partial charge >= 0.3 is 0 Å². The molecule has 168 valence electrons. The molecule has 5 rings (SSSR count). The van der Waals surface area contributed by atoms with Crippen LogP contribution in [0.4, 0.5) is 5.69 Å². The van der Waals surface area contributed by atoms with Gasteiger partial charge in [0.2, 0.25) is 0 Å². The molecule has 0 spiro atoms. The summed E-state index contributed by atoms with van der Waals surface area (Å²) in [5.41, 5.74) is 13.2. The first-order valence-electron chi connectivity index (χ1n) is 10.9. The molecule has 1 atom stereocenters. The van der Waals surface area contributed by atoms with Gasteiger partial charge in [-0.2, -0.15) is 10.4 Å². The number of carbonyl (C=O) groups is 1. The maximum absolute atomic E-state index is 13.1. The average Bonchev–Trinajstić information content (AvgIpc) is 2.86. The van der Waals surface area contributed by atoms with E-state index in [4.69, 9.17) is 5.73 Å². The molecule has 2 aromatic heterocycles. The van der Waals surface area contributed by atoms with E-state index in [9.17, 15) is 14.9 Å². The van der Waals surface area contributed by atoms with Gasteiger partial charge in [0.1, 0.15) is 11.5 Å². The van der Waals surface area contributed by atoms with Gasteiger partial charge < -0.3 is 5.73 Å². The highest BCUT2D eigenvalue weighted by atomic mass is 16.1. The summed E-state index contributed by atoms with van der Waals surface area (Å²) in [5, 5.41) is 18.3. The number of nitrogens with zero attached hydrogens (tertiary/aromatic N) is 4. The fraction of sp³-hybridized carbons (Fsp3) is 0.160. The van der Waals surface area contributed by atoms with Crippen LogP contribution in [0.2, 0.25) is 0 Å². The molecule has 0 saturated heterocycles. The fourth-order valence-corrected chi connectivity index (χ4v) is 4.52. The van der Waals surface area contributed by atoms with E-state index in [0.29, 0.717) is 41.9 Å². The van der Waals surface area contributed by atoms with E-state index in [1.54, 1.807) is 23.5 Å². The van der Waals surface area contributed by atoms with Gasteiger partial charge in [-0.05, 0) is 24.5 Å². The van der Waals surface area contributed by atoms with Crippen LogP contribution in [-0.4, -0.2) is 26.0 Å². The molecular weight excluding hydrogens is 430 g/mol. The van der Waals surface area contributed by atoms with Crippen molar-refractivity contribution in [2.45, 2.75) is 25.2 Å². The Morgan fingerprint density at radius 1 is 1.15 bits per heavy atom. The number of hydrogen-bond acceptors (Lipinski definition) is 8. The number of nitriles is 1. The van der Waals surface area contributed by atoms with E-state index in [2.05, 4.69) is 26.7 Å². The van der Waals surface area contributed by atoms with E-state index in [-0.39, 0.29) is 17.2 Å². The summed E-state index contributed by atoms with van der Waals surface area (Å²) >= 11 is 0. The van der Waals surface area contributed by atoms with Crippen LogP contribution in [0.1, 0.15) is 30.7 Å². The number of pyridine rings is 1. The lowest BCUT2D eigenvalue weighted by Crippen LogP contribution is -2.42. The lowest BCUT2D eigenvalue weighted by atomic mass is 9.76. The van der Waals surface area contributed by atoms with Crippen molar-refractivity contribution in [3.63, 3.8) is 0 Å². The number of benzene rings is 1. The Hall–Kier alpha value is -4.71. The molecule has 1 aliphatic heterocycles. The van der Waals surface area contributed by atoms with Gasteiger partial charge in [-0.25, -0.2) is 10.1 Å². The van der Waals surface area contributed by atoms with Crippen LogP contribution in [0.5, 0.6) is 0 Å². The first-order valence-corrected chi connectivity index (χ1v) is 10.9. The number of hydrogen-bond donors (Lipinski definition) is 3. The number of H-pyrrole nitrogens is 1. The van der Waals surface area contributed by atoms with Crippen LogP contribution in [0, 0.1) is 11.3 Å². The first kappa shape index (κ1) is 21.2. The zero-order valence-electron chi connectivity index (χ0n) is 18.2. The molecule has 1 aliphatic carbocycles. The van der Waals surface area contributed by atoms with E-state index in [0.717, 1.165) is 11.1 Å². The molecule has 0 amide bonds. The Morgan fingerprint density at radius 3 is 2.71 bits per heavy atom. The van der Waals surface area contributed by atoms with Gasteiger partial charge in [0.15, 0.2) is 5.78 Å². The van der Waals surface area contributed by atoms with Crippen LogP contribution in [0.25, 0.3) is 11.3 Å². The van der Waals surface area contributed by atoms with E-state index in [1.807, 2.05) is 36.4 Å². The molecule has 9 heteroatoms. The minimum absolute atomic E-state index is 0.0329. The molecule has 3 heterocycles. The zero-order chi connectivity index (χ0) is 23.7. The minimum Gasteiger partial charge on any atom is -0.383 e. The summed E-state index contributed by atoms with van der Waals surface area (Å²) in [6.07, 6.45) is 4.93. The standard InChI is InChI=1S/C25H21N7O2/c26-13-17-22(16-8-5-11-28-14-16)23-19(9-4-10-20(23)33)32(25(17)27)31-18-12-21(34)29-30-24(18)15-6-2-1-3-7-15/h1-3,5-8,11-12,14,22H,4,9-10,27H2,(H2,29,31,34). The number of aromatic nitrogens is 3. The quantitative estimate of drug-likeness (QED) is 0.550.